The minimum atomic E-state index is -1.20. The highest BCUT2D eigenvalue weighted by molar-refractivity contribution is 6.00. The zero-order valence-electron chi connectivity index (χ0n) is 21.5. The number of primary amides is 1. The number of carbonyl (C=O) groups is 1. The van der Waals surface area contributed by atoms with Crippen LogP contribution in [0.2, 0.25) is 0 Å². The van der Waals surface area contributed by atoms with E-state index in [1.165, 1.54) is 19.5 Å². The van der Waals surface area contributed by atoms with Gasteiger partial charge in [0.1, 0.15) is 35.4 Å². The predicted molar refractivity (Wildman–Crippen MR) is 135 cm³/mol. The molecule has 2 N–H and O–H groups in total. The number of benzene rings is 1. The van der Waals surface area contributed by atoms with Gasteiger partial charge in [0.25, 0.3) is 5.91 Å². The van der Waals surface area contributed by atoms with Crippen LogP contribution in [0, 0.1) is 23.4 Å². The van der Waals surface area contributed by atoms with Crippen molar-refractivity contribution in [3.05, 3.63) is 65.4 Å². The molecule has 1 atom stereocenters. The number of nitrogens with zero attached hydrogens (tertiary/aromatic N) is 2. The fourth-order valence-corrected chi connectivity index (χ4v) is 4.96. The molecular weight excluding hydrogens is 499 g/mol. The van der Waals surface area contributed by atoms with Crippen LogP contribution in [0.25, 0.3) is 22.4 Å². The molecule has 0 spiro atoms. The van der Waals surface area contributed by atoms with E-state index in [1.807, 2.05) is 13.8 Å². The van der Waals surface area contributed by atoms with Crippen molar-refractivity contribution in [3.8, 4) is 28.1 Å². The molecule has 202 valence electrons. The zero-order valence-corrected chi connectivity index (χ0v) is 21.5. The lowest BCUT2D eigenvalue weighted by atomic mass is 9.74. The first-order valence-corrected chi connectivity index (χ1v) is 12.4. The molecule has 7 nitrogen and oxygen atoms in total. The zero-order chi connectivity index (χ0) is 27.4. The smallest absolute Gasteiger partial charge is 0.267 e. The summed E-state index contributed by atoms with van der Waals surface area (Å²) in [5.74, 6) is -4.56. The third-order valence-electron chi connectivity index (χ3n) is 6.79. The molecule has 4 rings (SSSR count). The van der Waals surface area contributed by atoms with Crippen molar-refractivity contribution in [2.75, 3.05) is 26.9 Å². The summed E-state index contributed by atoms with van der Waals surface area (Å²) >= 11 is 0. The lowest BCUT2D eigenvalue weighted by Crippen LogP contribution is -2.41. The maximum atomic E-state index is 16.8. The molecule has 1 fully saturated rings. The van der Waals surface area contributed by atoms with E-state index in [2.05, 4.69) is 9.97 Å². The van der Waals surface area contributed by atoms with Gasteiger partial charge in [-0.25, -0.2) is 18.2 Å². The molecule has 3 aromatic rings. The van der Waals surface area contributed by atoms with Gasteiger partial charge in [-0.15, -0.1) is 0 Å². The number of hydrogen-bond donors (Lipinski definition) is 1. The molecule has 10 heteroatoms. The summed E-state index contributed by atoms with van der Waals surface area (Å²) in [7, 11) is 1.46. The fraction of sp³-hybridized carbons (Fsp3) is 0.393. The molecule has 0 radical (unpaired) electrons. The van der Waals surface area contributed by atoms with Crippen molar-refractivity contribution in [2.45, 2.75) is 38.7 Å². The molecule has 1 saturated heterocycles. The number of nitrogens with two attached hydrogens (primary N) is 1. The minimum Gasteiger partial charge on any atom is -0.491 e. The van der Waals surface area contributed by atoms with Gasteiger partial charge in [-0.1, -0.05) is 19.9 Å². The van der Waals surface area contributed by atoms with Gasteiger partial charge in [0.15, 0.2) is 5.82 Å². The molecular formula is C28H30F3N3O4. The van der Waals surface area contributed by atoms with Crippen molar-refractivity contribution < 1.29 is 32.2 Å². The normalized spacial score (nSPS) is 17.6. The van der Waals surface area contributed by atoms with E-state index in [0.29, 0.717) is 18.6 Å². The summed E-state index contributed by atoms with van der Waals surface area (Å²) < 4.78 is 63.9. The number of pyridine rings is 2. The van der Waals surface area contributed by atoms with E-state index in [0.717, 1.165) is 25.0 Å². The maximum absolute atomic E-state index is 16.8. The van der Waals surface area contributed by atoms with Crippen LogP contribution in [0.1, 0.15) is 49.2 Å². The third kappa shape index (κ3) is 5.10. The van der Waals surface area contributed by atoms with E-state index in [1.54, 1.807) is 12.1 Å². The van der Waals surface area contributed by atoms with Crippen molar-refractivity contribution in [3.63, 3.8) is 0 Å². The number of aromatic nitrogens is 2. The van der Waals surface area contributed by atoms with Gasteiger partial charge in [-0.3, -0.25) is 9.78 Å². The van der Waals surface area contributed by atoms with Crippen LogP contribution in [-0.4, -0.2) is 42.8 Å². The van der Waals surface area contributed by atoms with Gasteiger partial charge in [-0.2, -0.15) is 0 Å². The highest BCUT2D eigenvalue weighted by atomic mass is 19.1. The Labute approximate surface area is 219 Å². The molecule has 38 heavy (non-hydrogen) atoms. The maximum Gasteiger partial charge on any atom is 0.267 e. The number of ether oxygens (including phenoxy) is 3. The minimum absolute atomic E-state index is 0.0155. The Morgan fingerprint density at radius 2 is 1.89 bits per heavy atom. The molecule has 1 aliphatic rings. The Morgan fingerprint density at radius 1 is 1.16 bits per heavy atom. The van der Waals surface area contributed by atoms with Gasteiger partial charge >= 0.3 is 0 Å². The SMILES string of the molecule is COCCOc1cc(F)c(-c2nc(C(N)=O)c(-c3cccnc3)c(C3(C(C)C)CCCCO3)c2F)c(F)c1. The number of halogens is 3. The van der Waals surface area contributed by atoms with E-state index < -0.39 is 40.2 Å². The molecule has 0 saturated carbocycles. The molecule has 1 unspecified atom stereocenters. The van der Waals surface area contributed by atoms with Crippen LogP contribution < -0.4 is 10.5 Å². The Kier molecular flexibility index (Phi) is 8.32. The fourth-order valence-electron chi connectivity index (χ4n) is 4.96. The van der Waals surface area contributed by atoms with Gasteiger partial charge in [-0.05, 0) is 31.2 Å². The molecule has 1 aromatic carbocycles. The number of amides is 1. The number of carbonyl (C=O) groups excluding carboxylic acids is 1. The van der Waals surface area contributed by atoms with Crippen LogP contribution in [0.3, 0.4) is 0 Å². The number of hydrogen-bond acceptors (Lipinski definition) is 6. The largest absolute Gasteiger partial charge is 0.491 e. The topological polar surface area (TPSA) is 96.6 Å². The summed E-state index contributed by atoms with van der Waals surface area (Å²) in [5.41, 5.74) is 3.25. The Morgan fingerprint density at radius 3 is 2.45 bits per heavy atom. The molecule has 1 amide bonds. The summed E-state index contributed by atoms with van der Waals surface area (Å²) in [6.45, 7) is 4.36. The lowest BCUT2D eigenvalue weighted by molar-refractivity contribution is -0.116. The third-order valence-corrected chi connectivity index (χ3v) is 6.79. The summed E-state index contributed by atoms with van der Waals surface area (Å²) in [6, 6.07) is 5.14. The van der Waals surface area contributed by atoms with Crippen molar-refractivity contribution in [2.24, 2.45) is 11.7 Å². The standard InChI is InChI=1S/C28H30F3N3O4/c1-16(2)28(8-4-5-10-38-28)23-21(17-7-6-9-33-15-17)26(27(32)35)34-25(24(23)31)22-19(29)13-18(14-20(22)30)37-12-11-36-3/h6-7,9,13-16H,4-5,8,10-12H2,1-3H3,(H2,32,35). The van der Waals surface area contributed by atoms with Crippen LogP contribution in [0.5, 0.6) is 5.75 Å². The molecule has 2 aromatic heterocycles. The molecule has 0 bridgehead atoms. The summed E-state index contributed by atoms with van der Waals surface area (Å²) in [4.78, 5) is 21.0. The van der Waals surface area contributed by atoms with E-state index in [9.17, 15) is 4.79 Å². The Balaban J connectivity index is 2.05. The molecule has 3 heterocycles. The van der Waals surface area contributed by atoms with Crippen LogP contribution in [0.15, 0.2) is 36.7 Å². The summed E-state index contributed by atoms with van der Waals surface area (Å²) in [6.07, 6.45) is 4.90. The second-order valence-electron chi connectivity index (χ2n) is 9.43. The summed E-state index contributed by atoms with van der Waals surface area (Å²) in [5, 5.41) is 0. The Hall–Kier alpha value is -3.50. The van der Waals surface area contributed by atoms with E-state index in [4.69, 9.17) is 19.9 Å². The van der Waals surface area contributed by atoms with Crippen LogP contribution in [-0.2, 0) is 15.1 Å². The van der Waals surface area contributed by atoms with Crippen molar-refractivity contribution >= 4 is 5.91 Å². The van der Waals surface area contributed by atoms with Crippen LogP contribution in [0.4, 0.5) is 13.2 Å². The van der Waals surface area contributed by atoms with Gasteiger partial charge in [0.2, 0.25) is 0 Å². The van der Waals surface area contributed by atoms with Crippen LogP contribution >= 0.6 is 0 Å². The quantitative estimate of drug-likeness (QED) is 0.373. The molecule has 1 aliphatic heterocycles. The van der Waals surface area contributed by atoms with Crippen molar-refractivity contribution in [1.82, 2.24) is 9.97 Å². The first-order valence-electron chi connectivity index (χ1n) is 12.4. The average molecular weight is 530 g/mol. The molecule has 0 aliphatic carbocycles. The monoisotopic (exact) mass is 529 g/mol. The highest BCUT2D eigenvalue weighted by Gasteiger charge is 2.45. The van der Waals surface area contributed by atoms with E-state index in [-0.39, 0.29) is 41.7 Å². The number of rotatable bonds is 9. The Bertz CT molecular complexity index is 1290. The van der Waals surface area contributed by atoms with E-state index >= 15 is 13.2 Å². The lowest BCUT2D eigenvalue weighted by Gasteiger charge is -2.43. The average Bonchev–Trinajstić information content (AvgIpc) is 2.89. The van der Waals surface area contributed by atoms with Crippen molar-refractivity contribution in [1.29, 1.82) is 0 Å². The first kappa shape index (κ1) is 27.5. The highest BCUT2D eigenvalue weighted by Crippen LogP contribution is 2.49. The van der Waals surface area contributed by atoms with Gasteiger partial charge in [0, 0.05) is 54.9 Å². The number of methoxy groups -OCH3 is 1. The van der Waals surface area contributed by atoms with Gasteiger partial charge in [0.05, 0.1) is 17.8 Å². The second-order valence-corrected chi connectivity index (χ2v) is 9.43. The second kappa shape index (κ2) is 11.5. The van der Waals surface area contributed by atoms with Gasteiger partial charge < -0.3 is 19.9 Å². The first-order chi connectivity index (χ1) is 18.2. The predicted octanol–water partition coefficient (Wildman–Crippen LogP) is 5.40.